The van der Waals surface area contributed by atoms with Crippen LogP contribution in [-0.4, -0.2) is 22.8 Å². The van der Waals surface area contributed by atoms with E-state index in [9.17, 15) is 14.4 Å². The summed E-state index contributed by atoms with van der Waals surface area (Å²) in [4.78, 5) is 38.6. The van der Waals surface area contributed by atoms with Crippen LogP contribution in [0.4, 0.5) is 0 Å². The normalized spacial score (nSPS) is 16.3. The third kappa shape index (κ3) is 4.85. The summed E-state index contributed by atoms with van der Waals surface area (Å²) in [6.45, 7) is 6.44. The van der Waals surface area contributed by atoms with Gasteiger partial charge in [0.2, 0.25) is 0 Å². The molecule has 2 amide bonds. The standard InChI is InChI=1S/C13H21NO4/c1-13(2,3)9-5-4-6-12(17)18-14-10(15)7-8-11(14)16/h4-9H2,1-3H3. The van der Waals surface area contributed by atoms with Crippen LogP contribution in [0, 0.1) is 5.41 Å². The van der Waals surface area contributed by atoms with E-state index in [1.165, 1.54) is 0 Å². The van der Waals surface area contributed by atoms with Crippen LogP contribution in [-0.2, 0) is 19.2 Å². The summed E-state index contributed by atoms with van der Waals surface area (Å²) >= 11 is 0. The number of hydrogen-bond acceptors (Lipinski definition) is 4. The highest BCUT2D eigenvalue weighted by molar-refractivity contribution is 6.01. The minimum Gasteiger partial charge on any atom is -0.330 e. The van der Waals surface area contributed by atoms with Crippen molar-refractivity contribution in [3.05, 3.63) is 0 Å². The van der Waals surface area contributed by atoms with Gasteiger partial charge in [-0.1, -0.05) is 27.2 Å². The van der Waals surface area contributed by atoms with Crippen molar-refractivity contribution in [2.24, 2.45) is 5.41 Å². The minimum atomic E-state index is -0.507. The Kier molecular flexibility index (Phi) is 4.87. The molecule has 0 atom stereocenters. The van der Waals surface area contributed by atoms with Crippen LogP contribution in [0.1, 0.15) is 59.3 Å². The van der Waals surface area contributed by atoms with E-state index in [-0.39, 0.29) is 24.7 Å². The molecule has 0 aromatic carbocycles. The van der Waals surface area contributed by atoms with Crippen LogP contribution in [0.3, 0.4) is 0 Å². The molecule has 0 N–H and O–H groups in total. The molecule has 1 aliphatic heterocycles. The number of carbonyl (C=O) groups excluding carboxylic acids is 3. The molecule has 0 bridgehead atoms. The molecule has 1 saturated heterocycles. The smallest absolute Gasteiger partial charge is 0.330 e. The van der Waals surface area contributed by atoms with Gasteiger partial charge in [0, 0.05) is 19.3 Å². The van der Waals surface area contributed by atoms with E-state index in [2.05, 4.69) is 20.8 Å². The van der Waals surface area contributed by atoms with Gasteiger partial charge in [0.25, 0.3) is 11.8 Å². The lowest BCUT2D eigenvalue weighted by molar-refractivity contribution is -0.197. The first-order valence-corrected chi connectivity index (χ1v) is 6.36. The molecule has 0 spiro atoms. The summed E-state index contributed by atoms with van der Waals surface area (Å²) in [7, 11) is 0. The Labute approximate surface area is 107 Å². The van der Waals surface area contributed by atoms with E-state index in [1.54, 1.807) is 0 Å². The van der Waals surface area contributed by atoms with E-state index in [0.29, 0.717) is 11.5 Å². The highest BCUT2D eigenvalue weighted by Crippen LogP contribution is 2.22. The van der Waals surface area contributed by atoms with Gasteiger partial charge in [-0.15, -0.1) is 5.06 Å². The number of rotatable bonds is 5. The monoisotopic (exact) mass is 255 g/mol. The molecule has 0 radical (unpaired) electrons. The third-order valence-corrected chi connectivity index (χ3v) is 2.76. The Morgan fingerprint density at radius 2 is 1.72 bits per heavy atom. The van der Waals surface area contributed by atoms with Gasteiger partial charge in [-0.2, -0.15) is 0 Å². The fourth-order valence-corrected chi connectivity index (χ4v) is 1.73. The number of nitrogens with zero attached hydrogens (tertiary/aromatic N) is 1. The Morgan fingerprint density at radius 1 is 1.17 bits per heavy atom. The van der Waals surface area contributed by atoms with Gasteiger partial charge in [0.1, 0.15) is 0 Å². The van der Waals surface area contributed by atoms with Gasteiger partial charge in [-0.25, -0.2) is 4.79 Å². The van der Waals surface area contributed by atoms with Gasteiger partial charge in [0.15, 0.2) is 0 Å². The van der Waals surface area contributed by atoms with E-state index >= 15 is 0 Å². The molecular weight excluding hydrogens is 234 g/mol. The molecule has 0 saturated carbocycles. The molecule has 0 unspecified atom stereocenters. The Hall–Kier alpha value is -1.39. The zero-order chi connectivity index (χ0) is 13.8. The highest BCUT2D eigenvalue weighted by atomic mass is 16.7. The summed E-state index contributed by atoms with van der Waals surface area (Å²) in [5.41, 5.74) is 0.255. The molecule has 1 aliphatic rings. The van der Waals surface area contributed by atoms with E-state index < -0.39 is 17.8 Å². The lowest BCUT2D eigenvalue weighted by atomic mass is 9.89. The van der Waals surface area contributed by atoms with Crippen molar-refractivity contribution in [1.82, 2.24) is 5.06 Å². The molecule has 1 heterocycles. The van der Waals surface area contributed by atoms with E-state index in [1.807, 2.05) is 0 Å². The van der Waals surface area contributed by atoms with Crippen LogP contribution in [0.25, 0.3) is 0 Å². The molecule has 0 aliphatic carbocycles. The average molecular weight is 255 g/mol. The van der Waals surface area contributed by atoms with E-state index in [0.717, 1.165) is 12.8 Å². The third-order valence-electron chi connectivity index (χ3n) is 2.76. The first-order chi connectivity index (χ1) is 8.29. The molecule has 1 fully saturated rings. The lowest BCUT2D eigenvalue weighted by Gasteiger charge is -2.17. The maximum Gasteiger partial charge on any atom is 0.333 e. The van der Waals surface area contributed by atoms with Gasteiger partial charge in [-0.05, 0) is 18.3 Å². The van der Waals surface area contributed by atoms with Crippen molar-refractivity contribution in [2.75, 3.05) is 0 Å². The summed E-state index contributed by atoms with van der Waals surface area (Å²) in [6, 6.07) is 0. The number of amides is 2. The molecule has 5 heteroatoms. The Bertz CT molecular complexity index is 327. The van der Waals surface area contributed by atoms with Crippen molar-refractivity contribution < 1.29 is 19.2 Å². The first-order valence-electron chi connectivity index (χ1n) is 6.36. The number of hydroxylamine groups is 2. The van der Waals surface area contributed by atoms with Gasteiger partial charge < -0.3 is 4.84 Å². The molecule has 0 aromatic heterocycles. The second-order valence-electron chi connectivity index (χ2n) is 5.81. The topological polar surface area (TPSA) is 63.7 Å². The zero-order valence-electron chi connectivity index (χ0n) is 11.3. The largest absolute Gasteiger partial charge is 0.333 e. The van der Waals surface area contributed by atoms with Crippen LogP contribution >= 0.6 is 0 Å². The van der Waals surface area contributed by atoms with Gasteiger partial charge in [0.05, 0.1) is 0 Å². The molecule has 0 aromatic rings. The quantitative estimate of drug-likeness (QED) is 0.558. The van der Waals surface area contributed by atoms with Crippen molar-refractivity contribution in [3.8, 4) is 0 Å². The maximum absolute atomic E-state index is 11.4. The fourth-order valence-electron chi connectivity index (χ4n) is 1.73. The van der Waals surface area contributed by atoms with Gasteiger partial charge in [-0.3, -0.25) is 9.59 Å². The lowest BCUT2D eigenvalue weighted by Crippen LogP contribution is -2.31. The van der Waals surface area contributed by atoms with Crippen LogP contribution in [0.15, 0.2) is 0 Å². The predicted octanol–water partition coefficient (Wildman–Crippen LogP) is 2.20. The number of carbonyl (C=O) groups is 3. The molecule has 102 valence electrons. The summed E-state index contributed by atoms with van der Waals surface area (Å²) in [5.74, 6) is -1.36. The minimum absolute atomic E-state index is 0.135. The molecule has 1 rings (SSSR count). The summed E-state index contributed by atoms with van der Waals surface area (Å²) in [5, 5.41) is 0.603. The molecule has 18 heavy (non-hydrogen) atoms. The summed E-state index contributed by atoms with van der Waals surface area (Å²) < 4.78 is 0. The highest BCUT2D eigenvalue weighted by Gasteiger charge is 2.32. The zero-order valence-corrected chi connectivity index (χ0v) is 11.3. The Balaban J connectivity index is 2.22. The SMILES string of the molecule is CC(C)(C)CCCCC(=O)ON1C(=O)CCC1=O. The van der Waals surface area contributed by atoms with Crippen molar-refractivity contribution in [1.29, 1.82) is 0 Å². The first kappa shape index (κ1) is 14.7. The summed E-state index contributed by atoms with van der Waals surface area (Å²) in [6.07, 6.45) is 3.19. The Morgan fingerprint density at radius 3 is 2.22 bits per heavy atom. The number of imide groups is 1. The van der Waals surface area contributed by atoms with Gasteiger partial charge >= 0.3 is 5.97 Å². The molecular formula is C13H21NO4. The van der Waals surface area contributed by atoms with Crippen molar-refractivity contribution in [2.45, 2.75) is 59.3 Å². The fraction of sp³-hybridized carbons (Fsp3) is 0.769. The average Bonchev–Trinajstić information content (AvgIpc) is 2.55. The van der Waals surface area contributed by atoms with Crippen LogP contribution < -0.4 is 0 Å². The number of hydrogen-bond donors (Lipinski definition) is 0. The van der Waals surface area contributed by atoms with Crippen LogP contribution in [0.2, 0.25) is 0 Å². The molecule has 5 nitrogen and oxygen atoms in total. The number of unbranched alkanes of at least 4 members (excludes halogenated alkanes) is 1. The second-order valence-corrected chi connectivity index (χ2v) is 5.81. The van der Waals surface area contributed by atoms with Crippen molar-refractivity contribution in [3.63, 3.8) is 0 Å². The predicted molar refractivity (Wildman–Crippen MR) is 65.1 cm³/mol. The van der Waals surface area contributed by atoms with Crippen LogP contribution in [0.5, 0.6) is 0 Å². The maximum atomic E-state index is 11.4. The second kappa shape index (κ2) is 5.98. The van der Waals surface area contributed by atoms with E-state index in [4.69, 9.17) is 4.84 Å². The van der Waals surface area contributed by atoms with Crippen molar-refractivity contribution >= 4 is 17.8 Å².